The van der Waals surface area contributed by atoms with Crippen LogP contribution in [0.15, 0.2) is 18.3 Å². The fraction of sp³-hybridized carbons (Fsp3) is 0.556. The second kappa shape index (κ2) is 9.43. The summed E-state index contributed by atoms with van der Waals surface area (Å²) < 4.78 is 12.1. The summed E-state index contributed by atoms with van der Waals surface area (Å²) in [5.74, 6) is 1.76. The number of pyridine rings is 1. The van der Waals surface area contributed by atoms with E-state index >= 15 is 0 Å². The lowest BCUT2D eigenvalue weighted by Gasteiger charge is -2.19. The molecule has 2 aromatic rings. The van der Waals surface area contributed by atoms with Crippen LogP contribution in [0.2, 0.25) is 0 Å². The molecule has 1 amide bonds. The number of anilines is 1. The number of nitrogens with one attached hydrogen (secondary N) is 2. The number of rotatable bonds is 8. The zero-order chi connectivity index (χ0) is 19.1. The maximum absolute atomic E-state index is 12.5. The van der Waals surface area contributed by atoms with E-state index in [2.05, 4.69) is 25.7 Å². The molecule has 27 heavy (non-hydrogen) atoms. The summed E-state index contributed by atoms with van der Waals surface area (Å²) in [6.07, 6.45) is 4.29. The topological polar surface area (TPSA) is 103 Å². The maximum Gasteiger partial charge on any atom is 0.259 e. The normalized spacial score (nSPS) is 14.9. The van der Waals surface area contributed by atoms with Crippen molar-refractivity contribution < 1.29 is 14.3 Å². The Kier molecular flexibility index (Phi) is 6.72. The molecule has 2 aromatic heterocycles. The Morgan fingerprint density at radius 1 is 1.33 bits per heavy atom. The van der Waals surface area contributed by atoms with Crippen LogP contribution in [-0.2, 0) is 11.8 Å². The summed E-state index contributed by atoms with van der Waals surface area (Å²) in [7, 11) is 3.43. The molecule has 3 heterocycles. The first kappa shape index (κ1) is 19.2. The lowest BCUT2D eigenvalue weighted by Crippen LogP contribution is -2.27. The molecular weight excluding hydrogens is 348 g/mol. The Hall–Kier alpha value is -2.52. The number of aryl methyl sites for hydroxylation is 1. The lowest BCUT2D eigenvalue weighted by molar-refractivity contribution is 0.102. The molecule has 3 rings (SSSR count). The summed E-state index contributed by atoms with van der Waals surface area (Å²) in [4.78, 5) is 21.1. The van der Waals surface area contributed by atoms with Crippen molar-refractivity contribution in [2.45, 2.75) is 25.2 Å². The second-order valence-electron chi connectivity index (χ2n) is 6.48. The third kappa shape index (κ3) is 5.24. The molecule has 1 fully saturated rings. The molecule has 1 saturated heterocycles. The van der Waals surface area contributed by atoms with E-state index in [0.717, 1.165) is 38.2 Å². The zero-order valence-corrected chi connectivity index (χ0v) is 15.8. The Labute approximate surface area is 158 Å². The van der Waals surface area contributed by atoms with Crippen molar-refractivity contribution in [3.63, 3.8) is 0 Å². The summed E-state index contributed by atoms with van der Waals surface area (Å²) in [5.41, 5.74) is 0.436. The van der Waals surface area contributed by atoms with Gasteiger partial charge in [0.15, 0.2) is 5.82 Å². The standard InChI is InChI=1S/C18H26N6O3/c1-24-18(21-16(23-24)13-6-8-19-9-7-13)22-17(25)14-4-5-15(20-12-14)27-11-3-10-26-2/h4-5,12-13,19H,3,6-11H2,1-2H3,(H,21,22,23,25). The van der Waals surface area contributed by atoms with Gasteiger partial charge in [0.1, 0.15) is 0 Å². The van der Waals surface area contributed by atoms with Gasteiger partial charge in [0.05, 0.1) is 12.2 Å². The van der Waals surface area contributed by atoms with E-state index in [1.54, 1.807) is 31.0 Å². The van der Waals surface area contributed by atoms with E-state index in [4.69, 9.17) is 9.47 Å². The zero-order valence-electron chi connectivity index (χ0n) is 15.8. The smallest absolute Gasteiger partial charge is 0.259 e. The molecule has 0 unspecified atom stereocenters. The predicted molar refractivity (Wildman–Crippen MR) is 100 cm³/mol. The number of aromatic nitrogens is 4. The number of hydrogen-bond donors (Lipinski definition) is 2. The molecule has 1 aliphatic rings. The fourth-order valence-electron chi connectivity index (χ4n) is 2.92. The van der Waals surface area contributed by atoms with Crippen LogP contribution in [-0.4, -0.2) is 59.1 Å². The predicted octanol–water partition coefficient (Wildman–Crippen LogP) is 1.34. The minimum Gasteiger partial charge on any atom is -0.478 e. The van der Waals surface area contributed by atoms with Crippen LogP contribution in [0.4, 0.5) is 5.95 Å². The molecule has 2 N–H and O–H groups in total. The SMILES string of the molecule is COCCCOc1ccc(C(=O)Nc2nc(C3CCNCC3)nn2C)cn1. The molecule has 0 saturated carbocycles. The summed E-state index contributed by atoms with van der Waals surface area (Å²) in [5, 5.41) is 10.6. The summed E-state index contributed by atoms with van der Waals surface area (Å²) >= 11 is 0. The third-order valence-corrected chi connectivity index (χ3v) is 4.45. The first-order chi connectivity index (χ1) is 13.2. The van der Waals surface area contributed by atoms with E-state index in [0.29, 0.717) is 36.5 Å². The number of carbonyl (C=O) groups is 1. The van der Waals surface area contributed by atoms with Crippen molar-refractivity contribution in [2.75, 3.05) is 38.7 Å². The van der Waals surface area contributed by atoms with Crippen molar-refractivity contribution >= 4 is 11.9 Å². The van der Waals surface area contributed by atoms with Crippen molar-refractivity contribution in [1.29, 1.82) is 0 Å². The second-order valence-corrected chi connectivity index (χ2v) is 6.48. The number of piperidine rings is 1. The average molecular weight is 374 g/mol. The quantitative estimate of drug-likeness (QED) is 0.672. The first-order valence-corrected chi connectivity index (χ1v) is 9.18. The maximum atomic E-state index is 12.5. The van der Waals surface area contributed by atoms with E-state index in [1.807, 2.05) is 0 Å². The van der Waals surface area contributed by atoms with Gasteiger partial charge in [-0.05, 0) is 32.0 Å². The average Bonchev–Trinajstić information content (AvgIpc) is 3.07. The van der Waals surface area contributed by atoms with Crippen LogP contribution in [0.1, 0.15) is 41.4 Å². The van der Waals surface area contributed by atoms with Gasteiger partial charge in [-0.3, -0.25) is 10.1 Å². The fourth-order valence-corrected chi connectivity index (χ4v) is 2.92. The van der Waals surface area contributed by atoms with E-state index in [1.165, 1.54) is 6.20 Å². The number of methoxy groups -OCH3 is 1. The van der Waals surface area contributed by atoms with Gasteiger partial charge in [0, 0.05) is 45.4 Å². The molecular formula is C18H26N6O3. The number of amides is 1. The van der Waals surface area contributed by atoms with Gasteiger partial charge in [-0.2, -0.15) is 10.1 Å². The molecule has 9 heteroatoms. The van der Waals surface area contributed by atoms with E-state index < -0.39 is 0 Å². The Bertz CT molecular complexity index is 740. The highest BCUT2D eigenvalue weighted by Gasteiger charge is 2.21. The highest BCUT2D eigenvalue weighted by atomic mass is 16.5. The number of carbonyl (C=O) groups excluding carboxylic acids is 1. The Balaban J connectivity index is 1.57. The van der Waals surface area contributed by atoms with Gasteiger partial charge >= 0.3 is 0 Å². The van der Waals surface area contributed by atoms with Crippen molar-refractivity contribution in [3.8, 4) is 5.88 Å². The third-order valence-electron chi connectivity index (χ3n) is 4.45. The van der Waals surface area contributed by atoms with E-state index in [-0.39, 0.29) is 5.91 Å². The van der Waals surface area contributed by atoms with Crippen LogP contribution in [0, 0.1) is 0 Å². The van der Waals surface area contributed by atoms with Gasteiger partial charge < -0.3 is 14.8 Å². The van der Waals surface area contributed by atoms with Gasteiger partial charge in [-0.25, -0.2) is 9.67 Å². The molecule has 0 spiro atoms. The van der Waals surface area contributed by atoms with Crippen LogP contribution >= 0.6 is 0 Å². The van der Waals surface area contributed by atoms with Gasteiger partial charge in [0.2, 0.25) is 11.8 Å². The van der Waals surface area contributed by atoms with E-state index in [9.17, 15) is 4.79 Å². The largest absolute Gasteiger partial charge is 0.478 e. The number of hydrogen-bond acceptors (Lipinski definition) is 7. The minimum absolute atomic E-state index is 0.277. The van der Waals surface area contributed by atoms with Gasteiger partial charge in [0.25, 0.3) is 5.91 Å². The van der Waals surface area contributed by atoms with Crippen molar-refractivity contribution in [3.05, 3.63) is 29.7 Å². The Morgan fingerprint density at radius 3 is 2.85 bits per heavy atom. The first-order valence-electron chi connectivity index (χ1n) is 9.18. The molecule has 146 valence electrons. The van der Waals surface area contributed by atoms with Crippen LogP contribution in [0.25, 0.3) is 0 Å². The van der Waals surface area contributed by atoms with Crippen LogP contribution in [0.5, 0.6) is 5.88 Å². The number of ether oxygens (including phenoxy) is 2. The molecule has 1 aliphatic heterocycles. The molecule has 0 bridgehead atoms. The highest BCUT2D eigenvalue weighted by molar-refractivity contribution is 6.03. The summed E-state index contributed by atoms with van der Waals surface area (Å²) in [6.45, 7) is 3.09. The molecule has 0 aromatic carbocycles. The monoisotopic (exact) mass is 374 g/mol. The minimum atomic E-state index is -0.277. The van der Waals surface area contributed by atoms with Crippen molar-refractivity contribution in [2.24, 2.45) is 7.05 Å². The van der Waals surface area contributed by atoms with Gasteiger partial charge in [-0.15, -0.1) is 0 Å². The van der Waals surface area contributed by atoms with Gasteiger partial charge in [-0.1, -0.05) is 0 Å². The van der Waals surface area contributed by atoms with Crippen LogP contribution in [0.3, 0.4) is 0 Å². The molecule has 0 radical (unpaired) electrons. The molecule has 0 aliphatic carbocycles. The van der Waals surface area contributed by atoms with Crippen LogP contribution < -0.4 is 15.4 Å². The van der Waals surface area contributed by atoms with Crippen molar-refractivity contribution in [1.82, 2.24) is 25.1 Å². The summed E-state index contributed by atoms with van der Waals surface area (Å²) in [6, 6.07) is 3.36. The molecule has 0 atom stereocenters. The number of nitrogens with zero attached hydrogens (tertiary/aromatic N) is 4. The molecule has 9 nitrogen and oxygen atoms in total. The lowest BCUT2D eigenvalue weighted by atomic mass is 9.98. The Morgan fingerprint density at radius 2 is 2.15 bits per heavy atom. The highest BCUT2D eigenvalue weighted by Crippen LogP contribution is 2.23.